The Morgan fingerprint density at radius 1 is 1.07 bits per heavy atom. The molecule has 0 saturated heterocycles. The van der Waals surface area contributed by atoms with E-state index in [1.807, 2.05) is 0 Å². The number of nitrogens with zero attached hydrogens (tertiary/aromatic N) is 3. The Kier molecular flexibility index (Phi) is 5.38. The third-order valence-corrected chi connectivity index (χ3v) is 3.76. The highest BCUT2D eigenvalue weighted by Crippen LogP contribution is 2.29. The zero-order valence-corrected chi connectivity index (χ0v) is 14.9. The first kappa shape index (κ1) is 20.5. The van der Waals surface area contributed by atoms with E-state index in [9.17, 15) is 13.2 Å². The summed E-state index contributed by atoms with van der Waals surface area (Å²) in [4.78, 5) is 3.95. The Morgan fingerprint density at radius 2 is 1.69 bits per heavy atom. The molecular formula is C18H17F3N6O2. The molecule has 0 aromatic heterocycles. The van der Waals surface area contributed by atoms with E-state index in [4.69, 9.17) is 26.7 Å². The van der Waals surface area contributed by atoms with Gasteiger partial charge in [-0.15, -0.1) is 0 Å². The monoisotopic (exact) mass is 406 g/mol. The molecule has 1 aliphatic rings. The molecule has 2 aromatic rings. The summed E-state index contributed by atoms with van der Waals surface area (Å²) in [6.07, 6.45) is -4.79. The number of para-hydroxylation sites is 1. The van der Waals surface area contributed by atoms with E-state index in [0.29, 0.717) is 5.69 Å². The standard InChI is InChI=1S/C18H17F3N6O2/c19-18(20,21)15-14(16(22)27(26-15)12-4-2-1-3-5-12)25-11-6-8-13(9-7-11)29-17(23,24)10-28/h1-9,22,28H,10,23-24H2. The van der Waals surface area contributed by atoms with Gasteiger partial charge >= 0.3 is 6.18 Å². The average Bonchev–Trinajstić information content (AvgIpc) is 3.00. The minimum atomic E-state index is -4.79. The van der Waals surface area contributed by atoms with Crippen LogP contribution in [0, 0.1) is 5.41 Å². The van der Waals surface area contributed by atoms with Crippen molar-refractivity contribution in [1.82, 2.24) is 0 Å². The molecule has 11 heteroatoms. The highest BCUT2D eigenvalue weighted by molar-refractivity contribution is 6.73. The number of hydrogen-bond donors (Lipinski definition) is 4. The summed E-state index contributed by atoms with van der Waals surface area (Å²) in [5.74, 6) is -2.12. The van der Waals surface area contributed by atoms with Gasteiger partial charge in [0, 0.05) is 0 Å². The summed E-state index contributed by atoms with van der Waals surface area (Å²) >= 11 is 0. The van der Waals surface area contributed by atoms with Gasteiger partial charge in [-0.1, -0.05) is 18.2 Å². The van der Waals surface area contributed by atoms with Gasteiger partial charge in [0.15, 0.2) is 11.5 Å². The second-order valence-electron chi connectivity index (χ2n) is 6.11. The van der Waals surface area contributed by atoms with E-state index in [-0.39, 0.29) is 11.4 Å². The van der Waals surface area contributed by atoms with E-state index in [1.54, 1.807) is 18.2 Å². The molecule has 0 radical (unpaired) electrons. The van der Waals surface area contributed by atoms with Crippen LogP contribution >= 0.6 is 0 Å². The van der Waals surface area contributed by atoms with Crippen LogP contribution in [-0.2, 0) is 0 Å². The zero-order chi connectivity index (χ0) is 21.2. The lowest BCUT2D eigenvalue weighted by molar-refractivity contribution is -0.0565. The maximum absolute atomic E-state index is 13.5. The fourth-order valence-corrected chi connectivity index (χ4v) is 2.43. The van der Waals surface area contributed by atoms with Gasteiger partial charge in [0.25, 0.3) is 0 Å². The number of aliphatic imine (C=N–C) groups is 1. The Hall–Kier alpha value is -3.28. The number of anilines is 1. The minimum Gasteiger partial charge on any atom is -0.458 e. The van der Waals surface area contributed by atoms with E-state index in [1.165, 1.54) is 36.4 Å². The van der Waals surface area contributed by atoms with E-state index < -0.39 is 35.9 Å². The zero-order valence-electron chi connectivity index (χ0n) is 14.9. The minimum absolute atomic E-state index is 0.132. The van der Waals surface area contributed by atoms with Gasteiger partial charge in [-0.3, -0.25) is 16.9 Å². The van der Waals surface area contributed by atoms with Crippen molar-refractivity contribution in [3.05, 3.63) is 54.6 Å². The highest BCUT2D eigenvalue weighted by Gasteiger charge is 2.46. The molecule has 0 unspecified atom stereocenters. The molecule has 152 valence electrons. The predicted molar refractivity (Wildman–Crippen MR) is 102 cm³/mol. The van der Waals surface area contributed by atoms with Gasteiger partial charge in [-0.05, 0) is 36.4 Å². The molecule has 0 aliphatic carbocycles. The molecule has 8 nitrogen and oxygen atoms in total. The quantitative estimate of drug-likeness (QED) is 0.565. The summed E-state index contributed by atoms with van der Waals surface area (Å²) in [6.45, 7) is -0.644. The predicted octanol–water partition coefficient (Wildman–Crippen LogP) is 2.12. The highest BCUT2D eigenvalue weighted by atomic mass is 19.4. The van der Waals surface area contributed by atoms with Crippen LogP contribution in [0.3, 0.4) is 0 Å². The number of aliphatic hydroxyl groups excluding tert-OH is 1. The number of halogens is 3. The summed E-state index contributed by atoms with van der Waals surface area (Å²) in [5, 5.41) is 21.6. The van der Waals surface area contributed by atoms with Crippen molar-refractivity contribution in [3.63, 3.8) is 0 Å². The topological polar surface area (TPSA) is 133 Å². The third kappa shape index (κ3) is 4.59. The molecule has 0 atom stereocenters. The van der Waals surface area contributed by atoms with Gasteiger partial charge in [0.05, 0.1) is 11.4 Å². The lowest BCUT2D eigenvalue weighted by Crippen LogP contribution is -2.57. The Morgan fingerprint density at radius 3 is 2.24 bits per heavy atom. The smallest absolute Gasteiger partial charge is 0.437 e. The lowest BCUT2D eigenvalue weighted by Gasteiger charge is -2.23. The van der Waals surface area contributed by atoms with Crippen molar-refractivity contribution in [3.8, 4) is 5.75 Å². The van der Waals surface area contributed by atoms with E-state index in [2.05, 4.69) is 10.1 Å². The van der Waals surface area contributed by atoms with E-state index in [0.717, 1.165) is 5.01 Å². The number of aliphatic hydroxyl groups is 1. The van der Waals surface area contributed by atoms with Crippen LogP contribution in [0.5, 0.6) is 5.75 Å². The number of rotatable bonds is 5. The summed E-state index contributed by atoms with van der Waals surface area (Å²) < 4.78 is 45.5. The number of amidine groups is 1. The molecular weight excluding hydrogens is 389 g/mol. The molecule has 29 heavy (non-hydrogen) atoms. The fraction of sp³-hybridized carbons (Fsp3) is 0.167. The molecule has 1 aliphatic heterocycles. The molecule has 6 N–H and O–H groups in total. The van der Waals surface area contributed by atoms with Crippen LogP contribution in [0.2, 0.25) is 0 Å². The van der Waals surface area contributed by atoms with Crippen LogP contribution in [0.15, 0.2) is 64.7 Å². The van der Waals surface area contributed by atoms with Gasteiger partial charge in [-0.25, -0.2) is 10.0 Å². The SMILES string of the molecule is N=C1C(=Nc2ccc(OC(N)(N)CO)cc2)C(C(F)(F)F)=NN1c1ccccc1. The van der Waals surface area contributed by atoms with Crippen LogP contribution in [0.25, 0.3) is 0 Å². The van der Waals surface area contributed by atoms with Crippen LogP contribution in [0.1, 0.15) is 0 Å². The van der Waals surface area contributed by atoms with Crippen molar-refractivity contribution in [2.45, 2.75) is 12.0 Å². The van der Waals surface area contributed by atoms with Crippen LogP contribution < -0.4 is 21.2 Å². The van der Waals surface area contributed by atoms with Crippen molar-refractivity contribution in [2.24, 2.45) is 21.6 Å². The molecule has 0 bridgehead atoms. The van der Waals surface area contributed by atoms with Crippen molar-refractivity contribution in [2.75, 3.05) is 11.6 Å². The molecule has 0 saturated carbocycles. The Balaban J connectivity index is 1.93. The molecule has 0 fully saturated rings. The first-order valence-corrected chi connectivity index (χ1v) is 8.27. The first-order valence-electron chi connectivity index (χ1n) is 8.27. The number of nitrogens with one attached hydrogen (secondary N) is 1. The Labute approximate surface area is 163 Å². The van der Waals surface area contributed by atoms with Crippen LogP contribution in [0.4, 0.5) is 24.5 Å². The van der Waals surface area contributed by atoms with Gasteiger partial charge in [0.2, 0.25) is 5.85 Å². The fourth-order valence-electron chi connectivity index (χ4n) is 2.43. The molecule has 1 heterocycles. The number of hydrazone groups is 1. The molecule has 2 aromatic carbocycles. The van der Waals surface area contributed by atoms with E-state index >= 15 is 0 Å². The lowest BCUT2D eigenvalue weighted by atomic mass is 10.2. The van der Waals surface area contributed by atoms with Gasteiger partial charge in [0.1, 0.15) is 18.1 Å². The molecule has 3 rings (SSSR count). The second-order valence-corrected chi connectivity index (χ2v) is 6.11. The maximum atomic E-state index is 13.5. The summed E-state index contributed by atoms with van der Waals surface area (Å²) in [7, 11) is 0. The average molecular weight is 406 g/mol. The largest absolute Gasteiger partial charge is 0.458 e. The number of nitrogens with two attached hydrogens (primary N) is 2. The third-order valence-electron chi connectivity index (χ3n) is 3.76. The molecule has 0 amide bonds. The first-order chi connectivity index (χ1) is 13.6. The normalized spacial score (nSPS) is 16.3. The number of alkyl halides is 3. The number of benzene rings is 2. The maximum Gasteiger partial charge on any atom is 0.437 e. The van der Waals surface area contributed by atoms with Gasteiger partial charge < -0.3 is 9.84 Å². The van der Waals surface area contributed by atoms with Crippen LogP contribution in [-0.4, -0.2) is 41.0 Å². The molecule has 0 spiro atoms. The second kappa shape index (κ2) is 7.62. The summed E-state index contributed by atoms with van der Waals surface area (Å²) in [5.41, 5.74) is 9.51. The number of ether oxygens (including phenoxy) is 1. The van der Waals surface area contributed by atoms with Gasteiger partial charge in [-0.2, -0.15) is 18.3 Å². The Bertz CT molecular complexity index is 956. The van der Waals surface area contributed by atoms with Crippen molar-refractivity contribution >= 4 is 28.6 Å². The number of hydrogen-bond acceptors (Lipinski definition) is 7. The van der Waals surface area contributed by atoms with Crippen molar-refractivity contribution in [1.29, 1.82) is 5.41 Å². The van der Waals surface area contributed by atoms with Crippen molar-refractivity contribution < 1.29 is 23.0 Å². The summed E-state index contributed by atoms with van der Waals surface area (Å²) in [6, 6.07) is 13.5.